The van der Waals surface area contributed by atoms with Crippen molar-refractivity contribution in [2.75, 3.05) is 34.7 Å². The summed E-state index contributed by atoms with van der Waals surface area (Å²) in [6.45, 7) is 8.39. The van der Waals surface area contributed by atoms with Crippen LogP contribution >= 0.6 is 0 Å². The highest BCUT2D eigenvalue weighted by atomic mass is 15.3. The molecule has 1 rings (SSSR count). The Balaban J connectivity index is 2.86. The largest absolute Gasteiger partial charge is 0.328 e. The van der Waals surface area contributed by atoms with Gasteiger partial charge in [0.1, 0.15) is 0 Å². The summed E-state index contributed by atoms with van der Waals surface area (Å²) in [5.74, 6) is 0.751. The van der Waals surface area contributed by atoms with E-state index >= 15 is 0 Å². The average molecular weight is 199 g/mol. The van der Waals surface area contributed by atoms with Crippen LogP contribution in [0, 0.1) is 5.92 Å². The molecule has 2 atom stereocenters. The lowest BCUT2D eigenvalue weighted by molar-refractivity contribution is -0.902. The second kappa shape index (κ2) is 3.49. The lowest BCUT2D eigenvalue weighted by atomic mass is 9.76. The van der Waals surface area contributed by atoms with Gasteiger partial charge >= 0.3 is 0 Å². The summed E-state index contributed by atoms with van der Waals surface area (Å²) in [7, 11) is 9.22. The molecule has 14 heavy (non-hydrogen) atoms. The van der Waals surface area contributed by atoms with Gasteiger partial charge in [0.25, 0.3) is 0 Å². The maximum atomic E-state index is 2.50. The SMILES string of the molecule is CC1C([N+](C)(C)C)CCN(C)C1(C)C. The van der Waals surface area contributed by atoms with Crippen LogP contribution in [-0.2, 0) is 0 Å². The first-order valence-electron chi connectivity index (χ1n) is 5.69. The van der Waals surface area contributed by atoms with Crippen molar-refractivity contribution in [1.82, 2.24) is 4.90 Å². The predicted octanol–water partition coefficient (Wildman–Crippen LogP) is 1.81. The number of piperidine rings is 1. The zero-order valence-corrected chi connectivity index (χ0v) is 11.0. The smallest absolute Gasteiger partial charge is 0.0940 e. The second-order valence-corrected chi connectivity index (χ2v) is 6.34. The Morgan fingerprint density at radius 3 is 2.14 bits per heavy atom. The number of hydrogen-bond acceptors (Lipinski definition) is 1. The van der Waals surface area contributed by atoms with Gasteiger partial charge in [-0.05, 0) is 20.9 Å². The van der Waals surface area contributed by atoms with Crippen LogP contribution in [0.5, 0.6) is 0 Å². The first kappa shape index (κ1) is 12.0. The molecule has 0 bridgehead atoms. The van der Waals surface area contributed by atoms with E-state index in [0.717, 1.165) is 16.4 Å². The van der Waals surface area contributed by atoms with E-state index in [1.165, 1.54) is 13.0 Å². The monoisotopic (exact) mass is 199 g/mol. The van der Waals surface area contributed by atoms with Gasteiger partial charge in [0, 0.05) is 24.4 Å². The summed E-state index contributed by atoms with van der Waals surface area (Å²) in [5.41, 5.74) is 0.342. The molecule has 1 heterocycles. The summed E-state index contributed by atoms with van der Waals surface area (Å²) >= 11 is 0. The number of quaternary nitrogens is 1. The van der Waals surface area contributed by atoms with Gasteiger partial charge in [-0.3, -0.25) is 0 Å². The van der Waals surface area contributed by atoms with Crippen LogP contribution in [0.15, 0.2) is 0 Å². The molecule has 0 aliphatic carbocycles. The molecule has 1 aliphatic rings. The lowest BCUT2D eigenvalue weighted by Crippen LogP contribution is -2.63. The standard InChI is InChI=1S/C12H27N2/c1-10-11(14(5,6)7)8-9-13(4)12(10,2)3/h10-11H,8-9H2,1-7H3/q+1. The molecule has 0 aromatic heterocycles. The molecule has 1 fully saturated rings. The van der Waals surface area contributed by atoms with Crippen molar-refractivity contribution in [3.8, 4) is 0 Å². The Morgan fingerprint density at radius 1 is 1.21 bits per heavy atom. The third-order valence-electron chi connectivity index (χ3n) is 4.43. The Labute approximate surface area is 89.5 Å². The van der Waals surface area contributed by atoms with E-state index in [2.05, 4.69) is 53.9 Å². The van der Waals surface area contributed by atoms with E-state index in [1.807, 2.05) is 0 Å². The molecule has 0 spiro atoms. The average Bonchev–Trinajstić information content (AvgIpc) is 1.99. The third kappa shape index (κ3) is 1.96. The van der Waals surface area contributed by atoms with E-state index in [1.54, 1.807) is 0 Å². The normalized spacial score (nSPS) is 34.5. The second-order valence-electron chi connectivity index (χ2n) is 6.34. The number of hydrogen-bond donors (Lipinski definition) is 0. The van der Waals surface area contributed by atoms with Crippen LogP contribution in [0.3, 0.4) is 0 Å². The number of likely N-dealkylation sites (tertiary alicyclic amines) is 1. The van der Waals surface area contributed by atoms with Crippen molar-refractivity contribution in [3.05, 3.63) is 0 Å². The van der Waals surface area contributed by atoms with Gasteiger partial charge in [-0.25, -0.2) is 0 Å². The number of rotatable bonds is 1. The minimum atomic E-state index is 0.342. The first-order chi connectivity index (χ1) is 6.17. The van der Waals surface area contributed by atoms with Crippen molar-refractivity contribution >= 4 is 0 Å². The van der Waals surface area contributed by atoms with Crippen molar-refractivity contribution in [1.29, 1.82) is 0 Å². The van der Waals surface area contributed by atoms with Gasteiger partial charge in [0.05, 0.1) is 27.2 Å². The van der Waals surface area contributed by atoms with Crippen molar-refractivity contribution in [3.63, 3.8) is 0 Å². The van der Waals surface area contributed by atoms with Gasteiger partial charge in [-0.15, -0.1) is 0 Å². The molecule has 1 saturated heterocycles. The van der Waals surface area contributed by atoms with Crippen LogP contribution in [0.25, 0.3) is 0 Å². The summed E-state index contributed by atoms with van der Waals surface area (Å²) in [4.78, 5) is 2.50. The van der Waals surface area contributed by atoms with Crippen molar-refractivity contribution in [2.45, 2.75) is 38.8 Å². The van der Waals surface area contributed by atoms with E-state index < -0.39 is 0 Å². The zero-order chi connectivity index (χ0) is 11.1. The Hall–Kier alpha value is -0.0800. The molecule has 0 aromatic rings. The fourth-order valence-electron chi connectivity index (χ4n) is 2.74. The summed E-state index contributed by atoms with van der Waals surface area (Å²) in [5, 5.41) is 0. The lowest BCUT2D eigenvalue weighted by Gasteiger charge is -2.52. The van der Waals surface area contributed by atoms with E-state index in [-0.39, 0.29) is 0 Å². The van der Waals surface area contributed by atoms with Crippen LogP contribution in [0.1, 0.15) is 27.2 Å². The molecule has 2 nitrogen and oxygen atoms in total. The third-order valence-corrected chi connectivity index (χ3v) is 4.43. The molecule has 84 valence electrons. The Kier molecular flexibility index (Phi) is 2.99. The zero-order valence-electron chi connectivity index (χ0n) is 11.0. The van der Waals surface area contributed by atoms with Crippen LogP contribution in [0.2, 0.25) is 0 Å². The van der Waals surface area contributed by atoms with Crippen molar-refractivity contribution < 1.29 is 4.48 Å². The Morgan fingerprint density at radius 2 is 1.71 bits per heavy atom. The molecule has 2 heteroatoms. The quantitative estimate of drug-likeness (QED) is 0.582. The molecule has 0 aromatic carbocycles. The highest BCUT2D eigenvalue weighted by Crippen LogP contribution is 2.35. The fraction of sp³-hybridized carbons (Fsp3) is 1.00. The molecular formula is C12H27N2+. The maximum Gasteiger partial charge on any atom is 0.0940 e. The van der Waals surface area contributed by atoms with Crippen LogP contribution in [0.4, 0.5) is 0 Å². The maximum absolute atomic E-state index is 2.50. The first-order valence-corrected chi connectivity index (χ1v) is 5.69. The summed E-state index contributed by atoms with van der Waals surface area (Å²) < 4.78 is 1.10. The van der Waals surface area contributed by atoms with Crippen LogP contribution < -0.4 is 0 Å². The number of nitrogens with zero attached hydrogens (tertiary/aromatic N) is 2. The van der Waals surface area contributed by atoms with E-state index in [4.69, 9.17) is 0 Å². The molecule has 1 aliphatic heterocycles. The van der Waals surface area contributed by atoms with Gasteiger partial charge < -0.3 is 9.38 Å². The minimum absolute atomic E-state index is 0.342. The Bertz CT molecular complexity index is 203. The molecule has 0 radical (unpaired) electrons. The molecule has 0 saturated carbocycles. The molecule has 2 unspecified atom stereocenters. The van der Waals surface area contributed by atoms with Crippen molar-refractivity contribution in [2.24, 2.45) is 5.92 Å². The molecular weight excluding hydrogens is 172 g/mol. The van der Waals surface area contributed by atoms with Gasteiger partial charge in [0.15, 0.2) is 0 Å². The van der Waals surface area contributed by atoms with Gasteiger partial charge in [-0.2, -0.15) is 0 Å². The molecule has 0 amide bonds. The molecule has 0 N–H and O–H groups in total. The van der Waals surface area contributed by atoms with Gasteiger partial charge in [0.2, 0.25) is 0 Å². The van der Waals surface area contributed by atoms with E-state index in [9.17, 15) is 0 Å². The van der Waals surface area contributed by atoms with Crippen LogP contribution in [-0.4, -0.2) is 55.7 Å². The highest BCUT2D eigenvalue weighted by molar-refractivity contribution is 4.93. The van der Waals surface area contributed by atoms with E-state index in [0.29, 0.717) is 5.54 Å². The highest BCUT2D eigenvalue weighted by Gasteiger charge is 2.44. The fourth-order valence-corrected chi connectivity index (χ4v) is 2.74. The topological polar surface area (TPSA) is 3.24 Å². The minimum Gasteiger partial charge on any atom is -0.328 e. The van der Waals surface area contributed by atoms with Gasteiger partial charge in [-0.1, -0.05) is 6.92 Å². The summed E-state index contributed by atoms with van der Waals surface area (Å²) in [6.07, 6.45) is 1.32. The summed E-state index contributed by atoms with van der Waals surface area (Å²) in [6, 6.07) is 0.793. The predicted molar refractivity (Wildman–Crippen MR) is 62.3 cm³/mol.